The average Bonchev–Trinajstić information content (AvgIpc) is 2.73. The van der Waals surface area contributed by atoms with E-state index in [0.29, 0.717) is 30.1 Å². The molecule has 0 fully saturated rings. The number of amides is 2. The molecular formula is C22H20N4O. The summed E-state index contributed by atoms with van der Waals surface area (Å²) in [7, 11) is 0. The van der Waals surface area contributed by atoms with E-state index >= 15 is 0 Å². The van der Waals surface area contributed by atoms with Crippen molar-refractivity contribution in [3.05, 3.63) is 89.1 Å². The van der Waals surface area contributed by atoms with E-state index in [1.165, 1.54) is 22.3 Å². The van der Waals surface area contributed by atoms with Gasteiger partial charge in [-0.3, -0.25) is 5.32 Å². The van der Waals surface area contributed by atoms with Gasteiger partial charge in [-0.15, -0.1) is 5.10 Å². The minimum Gasteiger partial charge on any atom is -0.338 e. The molecule has 27 heavy (non-hydrogen) atoms. The fraction of sp³-hybridized carbons (Fsp3) is 0.227. The third-order valence-corrected chi connectivity index (χ3v) is 5.76. The lowest BCUT2D eigenvalue weighted by molar-refractivity contribution is 0.247. The van der Waals surface area contributed by atoms with E-state index in [0.717, 1.165) is 6.42 Å². The molecule has 3 aliphatic rings. The number of carbonyl (C=O) groups excluding carboxylic acids is 1. The van der Waals surface area contributed by atoms with Crippen LogP contribution in [0.15, 0.2) is 66.9 Å². The predicted molar refractivity (Wildman–Crippen MR) is 104 cm³/mol. The number of nitrogens with one attached hydrogen (secondary N) is 2. The molecule has 2 N–H and O–H groups in total. The fourth-order valence-electron chi connectivity index (χ4n) is 4.71. The summed E-state index contributed by atoms with van der Waals surface area (Å²) in [6.45, 7) is 0.635. The summed E-state index contributed by atoms with van der Waals surface area (Å²) in [6, 6.07) is 20.7. The van der Waals surface area contributed by atoms with E-state index < -0.39 is 0 Å². The molecule has 1 aromatic heterocycles. The standard InChI is InChI=1S/C22H20N4O/c27-22(25-20-10-5-11-24-26-20)23-13-14-12-19-15-6-1-3-8-17(15)21(14)18-9-4-2-7-16(18)19/h1-11,14,19,21H,12-13H2,(H2,23,25,26,27)/t14-,19?,21?/m0/s1. The molecule has 3 aliphatic carbocycles. The molecule has 2 amide bonds. The number of rotatable bonds is 3. The van der Waals surface area contributed by atoms with Crippen LogP contribution in [0.3, 0.4) is 0 Å². The average molecular weight is 356 g/mol. The zero-order valence-electron chi connectivity index (χ0n) is 14.8. The summed E-state index contributed by atoms with van der Waals surface area (Å²) < 4.78 is 0. The third-order valence-electron chi connectivity index (χ3n) is 5.76. The molecule has 5 nitrogen and oxygen atoms in total. The van der Waals surface area contributed by atoms with Gasteiger partial charge in [0.2, 0.25) is 0 Å². The Balaban J connectivity index is 1.37. The molecular weight excluding hydrogens is 336 g/mol. The number of nitrogens with zero attached hydrogens (tertiary/aromatic N) is 2. The quantitative estimate of drug-likeness (QED) is 0.748. The van der Waals surface area contributed by atoms with Gasteiger partial charge in [0.1, 0.15) is 0 Å². The molecule has 5 heteroatoms. The van der Waals surface area contributed by atoms with Gasteiger partial charge in [0, 0.05) is 24.6 Å². The maximum Gasteiger partial charge on any atom is 0.320 e. The Hall–Kier alpha value is -3.21. The van der Waals surface area contributed by atoms with Crippen LogP contribution in [-0.4, -0.2) is 22.8 Å². The summed E-state index contributed by atoms with van der Waals surface area (Å²) in [5.41, 5.74) is 5.71. The molecule has 134 valence electrons. The number of aromatic nitrogens is 2. The number of carbonyl (C=O) groups is 1. The first-order valence-corrected chi connectivity index (χ1v) is 9.31. The smallest absolute Gasteiger partial charge is 0.320 e. The molecule has 6 rings (SSSR count). The second kappa shape index (κ2) is 6.50. The molecule has 0 aliphatic heterocycles. The van der Waals surface area contributed by atoms with Crippen LogP contribution in [0, 0.1) is 5.92 Å². The molecule has 3 aromatic rings. The van der Waals surface area contributed by atoms with Gasteiger partial charge >= 0.3 is 6.03 Å². The van der Waals surface area contributed by atoms with Crippen LogP contribution in [0.25, 0.3) is 0 Å². The number of urea groups is 1. The lowest BCUT2D eigenvalue weighted by atomic mass is 9.59. The SMILES string of the molecule is O=C(NC[C@@H]1CC2c3ccccc3C1c1ccccc12)Nc1cccnn1. The van der Waals surface area contributed by atoms with Crippen molar-refractivity contribution in [2.24, 2.45) is 5.92 Å². The second-order valence-corrected chi connectivity index (χ2v) is 7.23. The molecule has 1 heterocycles. The Kier molecular flexibility index (Phi) is 3.85. The highest BCUT2D eigenvalue weighted by Crippen LogP contribution is 2.55. The second-order valence-electron chi connectivity index (χ2n) is 7.23. The first-order chi connectivity index (χ1) is 13.3. The van der Waals surface area contributed by atoms with E-state index in [4.69, 9.17) is 0 Å². The maximum atomic E-state index is 12.3. The zero-order valence-corrected chi connectivity index (χ0v) is 14.8. The minimum atomic E-state index is -0.237. The third kappa shape index (κ3) is 2.76. The highest BCUT2D eigenvalue weighted by atomic mass is 16.2. The minimum absolute atomic E-state index is 0.237. The van der Waals surface area contributed by atoms with Crippen molar-refractivity contribution < 1.29 is 4.79 Å². The van der Waals surface area contributed by atoms with Crippen molar-refractivity contribution >= 4 is 11.8 Å². The molecule has 0 unspecified atom stereocenters. The van der Waals surface area contributed by atoms with Crippen molar-refractivity contribution in [3.8, 4) is 0 Å². The maximum absolute atomic E-state index is 12.3. The Morgan fingerprint density at radius 1 is 0.926 bits per heavy atom. The number of anilines is 1. The van der Waals surface area contributed by atoms with Gasteiger partial charge in [-0.1, -0.05) is 48.5 Å². The molecule has 0 saturated heterocycles. The Labute approximate surface area is 157 Å². The number of benzene rings is 2. The van der Waals surface area contributed by atoms with Gasteiger partial charge in [-0.25, -0.2) is 4.79 Å². The van der Waals surface area contributed by atoms with Crippen molar-refractivity contribution in [3.63, 3.8) is 0 Å². The van der Waals surface area contributed by atoms with Gasteiger partial charge in [-0.05, 0) is 46.7 Å². The predicted octanol–water partition coefficient (Wildman–Crippen LogP) is 3.90. The Morgan fingerprint density at radius 3 is 2.22 bits per heavy atom. The van der Waals surface area contributed by atoms with Crippen LogP contribution in [-0.2, 0) is 0 Å². The first kappa shape index (κ1) is 16.0. The van der Waals surface area contributed by atoms with E-state index in [1.807, 2.05) is 0 Å². The van der Waals surface area contributed by atoms with Crippen LogP contribution in [0.1, 0.15) is 40.5 Å². The Bertz CT molecular complexity index is 941. The van der Waals surface area contributed by atoms with Gasteiger partial charge in [0.05, 0.1) is 0 Å². The van der Waals surface area contributed by atoms with Crippen molar-refractivity contribution in [1.82, 2.24) is 15.5 Å². The molecule has 2 bridgehead atoms. The van der Waals surface area contributed by atoms with E-state index in [-0.39, 0.29) is 6.03 Å². The van der Waals surface area contributed by atoms with E-state index in [9.17, 15) is 4.79 Å². The summed E-state index contributed by atoms with van der Waals surface area (Å²) in [6.07, 6.45) is 2.64. The van der Waals surface area contributed by atoms with Crippen molar-refractivity contribution in [2.45, 2.75) is 18.3 Å². The van der Waals surface area contributed by atoms with Crippen LogP contribution in [0.4, 0.5) is 10.6 Å². The van der Waals surface area contributed by atoms with E-state index in [2.05, 4.69) is 69.4 Å². The molecule has 1 atom stereocenters. The van der Waals surface area contributed by atoms with Crippen molar-refractivity contribution in [1.29, 1.82) is 0 Å². The normalized spacial score (nSPS) is 21.9. The van der Waals surface area contributed by atoms with E-state index in [1.54, 1.807) is 18.3 Å². The van der Waals surface area contributed by atoms with Crippen LogP contribution >= 0.6 is 0 Å². The monoisotopic (exact) mass is 356 g/mol. The van der Waals surface area contributed by atoms with Gasteiger partial charge in [-0.2, -0.15) is 5.10 Å². The molecule has 0 radical (unpaired) electrons. The highest BCUT2D eigenvalue weighted by molar-refractivity contribution is 5.88. The van der Waals surface area contributed by atoms with Crippen LogP contribution < -0.4 is 10.6 Å². The zero-order chi connectivity index (χ0) is 18.2. The Morgan fingerprint density at radius 2 is 1.59 bits per heavy atom. The molecule has 0 spiro atoms. The number of hydrogen-bond donors (Lipinski definition) is 2. The lowest BCUT2D eigenvalue weighted by Gasteiger charge is -2.45. The summed E-state index contributed by atoms with van der Waals surface area (Å²) in [5.74, 6) is 1.58. The molecule has 0 saturated carbocycles. The molecule has 2 aromatic carbocycles. The summed E-state index contributed by atoms with van der Waals surface area (Å²) in [5, 5.41) is 13.4. The number of fused-ring (bicyclic) bond motifs is 1. The summed E-state index contributed by atoms with van der Waals surface area (Å²) in [4.78, 5) is 12.3. The highest BCUT2D eigenvalue weighted by Gasteiger charge is 2.42. The van der Waals surface area contributed by atoms with Crippen LogP contribution in [0.5, 0.6) is 0 Å². The lowest BCUT2D eigenvalue weighted by Crippen LogP contribution is -2.40. The first-order valence-electron chi connectivity index (χ1n) is 9.31. The fourth-order valence-corrected chi connectivity index (χ4v) is 4.71. The van der Waals surface area contributed by atoms with Gasteiger partial charge in [0.15, 0.2) is 5.82 Å². The van der Waals surface area contributed by atoms with Crippen LogP contribution in [0.2, 0.25) is 0 Å². The van der Waals surface area contributed by atoms with Gasteiger partial charge in [0.25, 0.3) is 0 Å². The topological polar surface area (TPSA) is 66.9 Å². The van der Waals surface area contributed by atoms with Gasteiger partial charge < -0.3 is 5.32 Å². The van der Waals surface area contributed by atoms with Crippen molar-refractivity contribution in [2.75, 3.05) is 11.9 Å². The summed E-state index contributed by atoms with van der Waals surface area (Å²) >= 11 is 0. The largest absolute Gasteiger partial charge is 0.338 e. The number of hydrogen-bond acceptors (Lipinski definition) is 3.